The Morgan fingerprint density at radius 1 is 1.05 bits per heavy atom. The highest BCUT2D eigenvalue weighted by atomic mass is 16.5. The van der Waals surface area contributed by atoms with Crippen LogP contribution in [0.3, 0.4) is 0 Å². The third-order valence-corrected chi connectivity index (χ3v) is 4.62. The molecule has 0 radical (unpaired) electrons. The maximum atomic E-state index is 12.2. The van der Waals surface area contributed by atoms with Gasteiger partial charge in [-0.1, -0.05) is 12.1 Å². The topological polar surface area (TPSA) is 63.6 Å². The molecule has 0 aliphatic heterocycles. The van der Waals surface area contributed by atoms with E-state index in [4.69, 9.17) is 9.84 Å². The van der Waals surface area contributed by atoms with E-state index in [0.29, 0.717) is 11.8 Å². The number of ether oxygens (including phenoxy) is 1. The van der Waals surface area contributed by atoms with Gasteiger partial charge >= 0.3 is 11.9 Å². The van der Waals surface area contributed by atoms with Crippen LogP contribution in [0.5, 0.6) is 0 Å². The SMILES string of the molecule is O=C(O)c1ccccc1C(=O)O[C@@H]1CC2CCC1CC2. The molecule has 0 amide bonds. The van der Waals surface area contributed by atoms with E-state index in [2.05, 4.69) is 0 Å². The van der Waals surface area contributed by atoms with Crippen LogP contribution in [0.25, 0.3) is 0 Å². The van der Waals surface area contributed by atoms with E-state index in [1.807, 2.05) is 0 Å². The van der Waals surface area contributed by atoms with E-state index in [1.165, 1.54) is 25.0 Å². The number of carbonyl (C=O) groups excluding carboxylic acids is 1. The lowest BCUT2D eigenvalue weighted by atomic mass is 9.69. The van der Waals surface area contributed by atoms with Gasteiger partial charge in [-0.2, -0.15) is 0 Å². The zero-order valence-electron chi connectivity index (χ0n) is 11.2. The number of hydrogen-bond donors (Lipinski definition) is 1. The summed E-state index contributed by atoms with van der Waals surface area (Å²) in [6.07, 6.45) is 5.64. The molecular formula is C16H18O4. The van der Waals surface area contributed by atoms with E-state index in [0.717, 1.165) is 19.3 Å². The number of rotatable bonds is 3. The molecule has 0 unspecified atom stereocenters. The lowest BCUT2D eigenvalue weighted by Crippen LogP contribution is -2.38. The molecule has 2 bridgehead atoms. The molecule has 20 heavy (non-hydrogen) atoms. The second-order valence-electron chi connectivity index (χ2n) is 5.81. The van der Waals surface area contributed by atoms with Crippen molar-refractivity contribution in [2.75, 3.05) is 0 Å². The van der Waals surface area contributed by atoms with E-state index in [-0.39, 0.29) is 17.2 Å². The van der Waals surface area contributed by atoms with Gasteiger partial charge in [0.2, 0.25) is 0 Å². The van der Waals surface area contributed by atoms with Crippen LogP contribution < -0.4 is 0 Å². The summed E-state index contributed by atoms with van der Waals surface area (Å²) in [7, 11) is 0. The van der Waals surface area contributed by atoms with Crippen molar-refractivity contribution in [3.63, 3.8) is 0 Å². The van der Waals surface area contributed by atoms with E-state index < -0.39 is 11.9 Å². The minimum Gasteiger partial charge on any atom is -0.478 e. The normalized spacial score (nSPS) is 28.1. The van der Waals surface area contributed by atoms with Crippen molar-refractivity contribution in [3.05, 3.63) is 35.4 Å². The molecule has 3 saturated carbocycles. The molecule has 4 heteroatoms. The summed E-state index contributed by atoms with van der Waals surface area (Å²) in [4.78, 5) is 23.4. The van der Waals surface area contributed by atoms with Gasteiger partial charge in [0, 0.05) is 0 Å². The Kier molecular flexibility index (Phi) is 3.47. The van der Waals surface area contributed by atoms with Crippen LogP contribution in [0.2, 0.25) is 0 Å². The lowest BCUT2D eigenvalue weighted by Gasteiger charge is -2.41. The molecule has 106 valence electrons. The zero-order chi connectivity index (χ0) is 14.1. The van der Waals surface area contributed by atoms with Crippen LogP contribution in [0, 0.1) is 11.8 Å². The summed E-state index contributed by atoms with van der Waals surface area (Å²) in [5.74, 6) is -0.461. The first-order valence-corrected chi connectivity index (χ1v) is 7.18. The number of hydrogen-bond acceptors (Lipinski definition) is 3. The second-order valence-corrected chi connectivity index (χ2v) is 5.81. The first-order chi connectivity index (χ1) is 9.65. The summed E-state index contributed by atoms with van der Waals surface area (Å²) < 4.78 is 5.60. The van der Waals surface area contributed by atoms with Crippen molar-refractivity contribution < 1.29 is 19.4 Å². The highest BCUT2D eigenvalue weighted by Crippen LogP contribution is 2.42. The average molecular weight is 274 g/mol. The molecule has 3 aliphatic carbocycles. The highest BCUT2D eigenvalue weighted by Gasteiger charge is 2.38. The van der Waals surface area contributed by atoms with Crippen molar-refractivity contribution in [1.29, 1.82) is 0 Å². The van der Waals surface area contributed by atoms with Crippen molar-refractivity contribution in [3.8, 4) is 0 Å². The van der Waals surface area contributed by atoms with E-state index >= 15 is 0 Å². The fourth-order valence-electron chi connectivity index (χ4n) is 3.51. The zero-order valence-corrected chi connectivity index (χ0v) is 11.2. The van der Waals surface area contributed by atoms with Crippen LogP contribution in [-0.4, -0.2) is 23.1 Å². The maximum absolute atomic E-state index is 12.2. The van der Waals surface area contributed by atoms with Crippen molar-refractivity contribution in [2.24, 2.45) is 11.8 Å². The lowest BCUT2D eigenvalue weighted by molar-refractivity contribution is -0.0306. The minimum atomic E-state index is -1.09. The quantitative estimate of drug-likeness (QED) is 0.860. The minimum absolute atomic E-state index is 0.0125. The Labute approximate surface area is 117 Å². The molecular weight excluding hydrogens is 256 g/mol. The molecule has 0 spiro atoms. The summed E-state index contributed by atoms with van der Waals surface area (Å²) >= 11 is 0. The van der Waals surface area contributed by atoms with Gasteiger partial charge in [-0.3, -0.25) is 0 Å². The largest absolute Gasteiger partial charge is 0.478 e. The predicted molar refractivity (Wildman–Crippen MR) is 72.7 cm³/mol. The molecule has 1 atom stereocenters. The fraction of sp³-hybridized carbons (Fsp3) is 0.500. The first-order valence-electron chi connectivity index (χ1n) is 7.18. The third-order valence-electron chi connectivity index (χ3n) is 4.62. The van der Waals surface area contributed by atoms with Crippen LogP contribution in [0.4, 0.5) is 0 Å². The summed E-state index contributed by atoms with van der Waals surface area (Å²) in [6.45, 7) is 0. The van der Waals surface area contributed by atoms with Gasteiger partial charge in [-0.15, -0.1) is 0 Å². The second kappa shape index (κ2) is 5.27. The number of fused-ring (bicyclic) bond motifs is 3. The molecule has 4 rings (SSSR count). The predicted octanol–water partition coefficient (Wildman–Crippen LogP) is 3.12. The molecule has 0 saturated heterocycles. The standard InChI is InChI=1S/C16H18O4/c17-15(18)12-3-1-2-4-13(12)16(19)20-14-9-10-5-7-11(14)8-6-10/h1-4,10-11,14H,5-9H2,(H,17,18)/t10?,11?,14-/m1/s1. The fourth-order valence-corrected chi connectivity index (χ4v) is 3.51. The van der Waals surface area contributed by atoms with Gasteiger partial charge in [0.1, 0.15) is 6.10 Å². The van der Waals surface area contributed by atoms with E-state index in [9.17, 15) is 9.59 Å². The summed E-state index contributed by atoms with van der Waals surface area (Å²) in [5.41, 5.74) is 0.167. The maximum Gasteiger partial charge on any atom is 0.339 e. The number of carboxylic acid groups (broad SMARTS) is 1. The molecule has 0 heterocycles. The number of aromatic carboxylic acids is 1. The van der Waals surface area contributed by atoms with Crippen molar-refractivity contribution >= 4 is 11.9 Å². The Hall–Kier alpha value is -1.84. The van der Waals surface area contributed by atoms with Crippen LogP contribution in [0.1, 0.15) is 52.8 Å². The van der Waals surface area contributed by atoms with Gasteiger partial charge in [-0.05, 0) is 56.1 Å². The molecule has 4 nitrogen and oxygen atoms in total. The molecule has 1 N–H and O–H groups in total. The summed E-state index contributed by atoms with van der Waals surface area (Å²) in [5, 5.41) is 9.12. The van der Waals surface area contributed by atoms with Crippen LogP contribution in [-0.2, 0) is 4.74 Å². The van der Waals surface area contributed by atoms with Crippen molar-refractivity contribution in [1.82, 2.24) is 0 Å². The molecule has 3 aliphatic rings. The number of benzene rings is 1. The number of esters is 1. The molecule has 0 aromatic heterocycles. The van der Waals surface area contributed by atoms with E-state index in [1.54, 1.807) is 12.1 Å². The van der Waals surface area contributed by atoms with Crippen LogP contribution in [0.15, 0.2) is 24.3 Å². The van der Waals surface area contributed by atoms with Gasteiger partial charge in [0.15, 0.2) is 0 Å². The van der Waals surface area contributed by atoms with Gasteiger partial charge < -0.3 is 9.84 Å². The average Bonchev–Trinajstić information content (AvgIpc) is 2.48. The van der Waals surface area contributed by atoms with Gasteiger partial charge in [0.25, 0.3) is 0 Å². The van der Waals surface area contributed by atoms with Crippen LogP contribution >= 0.6 is 0 Å². The summed E-state index contributed by atoms with van der Waals surface area (Å²) in [6, 6.07) is 6.23. The number of carbonyl (C=O) groups is 2. The molecule has 3 fully saturated rings. The highest BCUT2D eigenvalue weighted by molar-refractivity contribution is 6.02. The Morgan fingerprint density at radius 3 is 2.25 bits per heavy atom. The van der Waals surface area contributed by atoms with Gasteiger partial charge in [0.05, 0.1) is 11.1 Å². The monoisotopic (exact) mass is 274 g/mol. The molecule has 1 aromatic rings. The Morgan fingerprint density at radius 2 is 1.70 bits per heavy atom. The smallest absolute Gasteiger partial charge is 0.339 e. The number of carboxylic acids is 1. The molecule has 1 aromatic carbocycles. The Balaban J connectivity index is 1.75. The first kappa shape index (κ1) is 13.2. The Bertz CT molecular complexity index is 529. The third kappa shape index (κ3) is 2.42. The van der Waals surface area contributed by atoms with Gasteiger partial charge in [-0.25, -0.2) is 9.59 Å². The van der Waals surface area contributed by atoms with Crippen molar-refractivity contribution in [2.45, 2.75) is 38.2 Å².